The van der Waals surface area contributed by atoms with E-state index >= 15 is 0 Å². The molecule has 1 N–H and O–H groups in total. The fourth-order valence-corrected chi connectivity index (χ4v) is 3.27. The molecule has 6 heteroatoms. The van der Waals surface area contributed by atoms with E-state index < -0.39 is 0 Å². The van der Waals surface area contributed by atoms with Crippen LogP contribution in [-0.4, -0.2) is 0 Å². The summed E-state index contributed by atoms with van der Waals surface area (Å²) in [6, 6.07) is 19.0. The van der Waals surface area contributed by atoms with Crippen LogP contribution in [0.4, 0.5) is 5.69 Å². The molecule has 3 rings (SSSR count). The van der Waals surface area contributed by atoms with Crippen molar-refractivity contribution in [3.8, 4) is 5.75 Å². The van der Waals surface area contributed by atoms with Crippen molar-refractivity contribution in [3.05, 3.63) is 91.3 Å². The lowest BCUT2D eigenvalue weighted by atomic mass is 10.2. The van der Waals surface area contributed by atoms with E-state index in [-0.39, 0.29) is 0 Å². The van der Waals surface area contributed by atoms with Crippen LogP contribution in [0.2, 0.25) is 15.1 Å². The Bertz CT molecular complexity index is 917. The van der Waals surface area contributed by atoms with Crippen LogP contribution in [-0.2, 0) is 13.2 Å². The van der Waals surface area contributed by atoms with E-state index in [2.05, 4.69) is 21.2 Å². The fraction of sp³-hybridized carbons (Fsp3) is 0.100. The number of ether oxygens (including phenoxy) is 1. The standard InChI is InChI=1S/C20H15BrCl3NO/c21-17-6-5-16(10-18(17)23)25-11-13-4-7-20(19(24)9-13)26-12-14-2-1-3-15(22)8-14/h1-10,25H,11-12H2. The summed E-state index contributed by atoms with van der Waals surface area (Å²) in [6.45, 7) is 1.04. The largest absolute Gasteiger partial charge is 0.487 e. The van der Waals surface area contributed by atoms with Gasteiger partial charge in [-0.25, -0.2) is 0 Å². The minimum absolute atomic E-state index is 0.412. The summed E-state index contributed by atoms with van der Waals surface area (Å²) in [6.07, 6.45) is 0. The van der Waals surface area contributed by atoms with Crippen LogP contribution in [0.25, 0.3) is 0 Å². The molecule has 3 aromatic rings. The van der Waals surface area contributed by atoms with Crippen LogP contribution >= 0.6 is 50.7 Å². The Kier molecular flexibility index (Phi) is 6.71. The fourth-order valence-electron chi connectivity index (χ4n) is 2.37. The van der Waals surface area contributed by atoms with Gasteiger partial charge in [-0.3, -0.25) is 0 Å². The van der Waals surface area contributed by atoms with E-state index in [1.165, 1.54) is 0 Å². The SMILES string of the molecule is Clc1cccc(COc2ccc(CNc3ccc(Br)c(Cl)c3)cc2Cl)c1. The average molecular weight is 472 g/mol. The molecule has 0 saturated carbocycles. The normalized spacial score (nSPS) is 10.6. The summed E-state index contributed by atoms with van der Waals surface area (Å²) in [5.41, 5.74) is 2.98. The third kappa shape index (κ3) is 5.31. The molecule has 2 nitrogen and oxygen atoms in total. The van der Waals surface area contributed by atoms with Crippen molar-refractivity contribution in [2.75, 3.05) is 5.32 Å². The van der Waals surface area contributed by atoms with Crippen LogP contribution < -0.4 is 10.1 Å². The van der Waals surface area contributed by atoms with E-state index in [4.69, 9.17) is 39.5 Å². The van der Waals surface area contributed by atoms with Gasteiger partial charge in [0.2, 0.25) is 0 Å². The van der Waals surface area contributed by atoms with Gasteiger partial charge in [-0.15, -0.1) is 0 Å². The van der Waals surface area contributed by atoms with Gasteiger partial charge in [0.15, 0.2) is 0 Å². The zero-order valence-electron chi connectivity index (χ0n) is 13.6. The predicted molar refractivity (Wildman–Crippen MR) is 114 cm³/mol. The molecule has 0 atom stereocenters. The van der Waals surface area contributed by atoms with Gasteiger partial charge >= 0.3 is 0 Å². The van der Waals surface area contributed by atoms with Crippen LogP contribution in [0.15, 0.2) is 65.1 Å². The number of rotatable bonds is 6. The Labute approximate surface area is 176 Å². The highest BCUT2D eigenvalue weighted by Gasteiger charge is 2.05. The van der Waals surface area contributed by atoms with Crippen molar-refractivity contribution >= 4 is 56.4 Å². The highest BCUT2D eigenvalue weighted by atomic mass is 79.9. The number of nitrogens with one attached hydrogen (secondary N) is 1. The number of hydrogen-bond acceptors (Lipinski definition) is 2. The van der Waals surface area contributed by atoms with Gasteiger partial charge < -0.3 is 10.1 Å². The lowest BCUT2D eigenvalue weighted by Gasteiger charge is -2.11. The van der Waals surface area contributed by atoms with Crippen LogP contribution in [0.3, 0.4) is 0 Å². The second kappa shape index (κ2) is 9.01. The second-order valence-electron chi connectivity index (χ2n) is 5.67. The molecule has 26 heavy (non-hydrogen) atoms. The highest BCUT2D eigenvalue weighted by molar-refractivity contribution is 9.10. The Hall–Kier alpha value is -1.39. The zero-order chi connectivity index (χ0) is 18.5. The van der Waals surface area contributed by atoms with Gasteiger partial charge in [-0.2, -0.15) is 0 Å². The van der Waals surface area contributed by atoms with Crippen molar-refractivity contribution < 1.29 is 4.74 Å². The molecular formula is C20H15BrCl3NO. The van der Waals surface area contributed by atoms with E-state index in [9.17, 15) is 0 Å². The number of benzene rings is 3. The number of anilines is 1. The maximum absolute atomic E-state index is 6.35. The third-order valence-corrected chi connectivity index (χ3v) is 5.46. The maximum Gasteiger partial charge on any atom is 0.138 e. The molecule has 0 aliphatic carbocycles. The number of hydrogen-bond donors (Lipinski definition) is 1. The maximum atomic E-state index is 6.35. The van der Waals surface area contributed by atoms with Gasteiger partial charge in [0.1, 0.15) is 12.4 Å². The van der Waals surface area contributed by atoms with E-state index in [0.717, 1.165) is 21.3 Å². The molecule has 0 radical (unpaired) electrons. The van der Waals surface area contributed by atoms with Crippen molar-refractivity contribution in [3.63, 3.8) is 0 Å². The zero-order valence-corrected chi connectivity index (χ0v) is 17.5. The first-order valence-corrected chi connectivity index (χ1v) is 9.78. The molecule has 134 valence electrons. The molecule has 0 bridgehead atoms. The molecule has 0 fully saturated rings. The summed E-state index contributed by atoms with van der Waals surface area (Å²) in [5.74, 6) is 0.641. The quantitative estimate of drug-likeness (QED) is 0.400. The summed E-state index contributed by atoms with van der Waals surface area (Å²) >= 11 is 21.8. The summed E-state index contributed by atoms with van der Waals surface area (Å²) in [4.78, 5) is 0. The summed E-state index contributed by atoms with van der Waals surface area (Å²) < 4.78 is 6.66. The Morgan fingerprint density at radius 1 is 0.846 bits per heavy atom. The van der Waals surface area contributed by atoms with Gasteiger partial charge in [0.25, 0.3) is 0 Å². The number of halogens is 4. The monoisotopic (exact) mass is 469 g/mol. The molecule has 0 spiro atoms. The second-order valence-corrected chi connectivity index (χ2v) is 7.77. The van der Waals surface area contributed by atoms with Crippen molar-refractivity contribution in [1.29, 1.82) is 0 Å². The first-order chi connectivity index (χ1) is 12.5. The molecule has 0 aliphatic heterocycles. The third-order valence-electron chi connectivity index (χ3n) is 3.70. The van der Waals surface area contributed by atoms with Crippen molar-refractivity contribution in [2.45, 2.75) is 13.2 Å². The van der Waals surface area contributed by atoms with Crippen molar-refractivity contribution in [2.24, 2.45) is 0 Å². The highest BCUT2D eigenvalue weighted by Crippen LogP contribution is 2.28. The minimum Gasteiger partial charge on any atom is -0.487 e. The molecule has 0 aromatic heterocycles. The summed E-state index contributed by atoms with van der Waals surface area (Å²) in [5, 5.41) is 5.24. The Morgan fingerprint density at radius 2 is 1.69 bits per heavy atom. The van der Waals surface area contributed by atoms with E-state index in [1.807, 2.05) is 60.7 Å². The molecule has 0 amide bonds. The van der Waals surface area contributed by atoms with Crippen LogP contribution in [0, 0.1) is 0 Å². The van der Waals surface area contributed by atoms with Crippen LogP contribution in [0.1, 0.15) is 11.1 Å². The van der Waals surface area contributed by atoms with Gasteiger partial charge in [-0.1, -0.05) is 53.0 Å². The van der Waals surface area contributed by atoms with Gasteiger partial charge in [-0.05, 0) is 69.5 Å². The van der Waals surface area contributed by atoms with Crippen LogP contribution in [0.5, 0.6) is 5.75 Å². The smallest absolute Gasteiger partial charge is 0.138 e. The Morgan fingerprint density at radius 3 is 2.42 bits per heavy atom. The van der Waals surface area contributed by atoms with E-state index in [0.29, 0.717) is 34.0 Å². The predicted octanol–water partition coefficient (Wildman–Crippen LogP) is 7.60. The lowest BCUT2D eigenvalue weighted by molar-refractivity contribution is 0.306. The van der Waals surface area contributed by atoms with Gasteiger partial charge in [0.05, 0.1) is 10.0 Å². The molecular weight excluding hydrogens is 456 g/mol. The lowest BCUT2D eigenvalue weighted by Crippen LogP contribution is -2.00. The molecule has 3 aromatic carbocycles. The molecule has 0 heterocycles. The van der Waals surface area contributed by atoms with E-state index in [1.54, 1.807) is 0 Å². The summed E-state index contributed by atoms with van der Waals surface area (Å²) in [7, 11) is 0. The topological polar surface area (TPSA) is 21.3 Å². The molecule has 0 aliphatic rings. The van der Waals surface area contributed by atoms with Crippen molar-refractivity contribution in [1.82, 2.24) is 0 Å². The molecule has 0 saturated heterocycles. The minimum atomic E-state index is 0.412. The van der Waals surface area contributed by atoms with Gasteiger partial charge in [0, 0.05) is 21.7 Å². The average Bonchev–Trinajstić information content (AvgIpc) is 2.62. The molecule has 0 unspecified atom stereocenters. The first-order valence-electron chi connectivity index (χ1n) is 7.86. The Balaban J connectivity index is 1.60. The first kappa shape index (κ1) is 19.4.